The summed E-state index contributed by atoms with van der Waals surface area (Å²) in [5.74, 6) is 0.974. The van der Waals surface area contributed by atoms with Crippen LogP contribution in [0, 0.1) is 5.92 Å². The molecule has 0 aliphatic carbocycles. The van der Waals surface area contributed by atoms with Crippen molar-refractivity contribution >= 4 is 22.6 Å². The van der Waals surface area contributed by atoms with Gasteiger partial charge in [-0.1, -0.05) is 22.6 Å². The van der Waals surface area contributed by atoms with E-state index in [1.54, 1.807) is 0 Å². The van der Waals surface area contributed by atoms with E-state index in [9.17, 15) is 0 Å². The van der Waals surface area contributed by atoms with Crippen LogP contribution in [0.25, 0.3) is 0 Å². The van der Waals surface area contributed by atoms with Crippen LogP contribution in [0.2, 0.25) is 0 Å². The predicted octanol–water partition coefficient (Wildman–Crippen LogP) is 0.920. The van der Waals surface area contributed by atoms with E-state index in [-0.39, 0.29) is 0 Å². The van der Waals surface area contributed by atoms with Gasteiger partial charge in [0.15, 0.2) is 0 Å². The Morgan fingerprint density at radius 1 is 1.60 bits per heavy atom. The number of hydrogen-bond donors (Lipinski definition) is 1. The average Bonchev–Trinajstić information content (AvgIpc) is 1.86. The van der Waals surface area contributed by atoms with E-state index < -0.39 is 0 Å². The van der Waals surface area contributed by atoms with Crippen molar-refractivity contribution in [3.63, 3.8) is 0 Å². The SMILES string of the molecule is CNCCC1CN(CI)C1. The Morgan fingerprint density at radius 3 is 2.80 bits per heavy atom. The summed E-state index contributed by atoms with van der Waals surface area (Å²) in [4.78, 5) is 2.47. The minimum absolute atomic E-state index is 0.974. The Kier molecular flexibility index (Phi) is 3.95. The second kappa shape index (κ2) is 4.51. The van der Waals surface area contributed by atoms with Crippen molar-refractivity contribution < 1.29 is 0 Å². The second-order valence-corrected chi connectivity index (χ2v) is 3.60. The van der Waals surface area contributed by atoms with Crippen molar-refractivity contribution in [3.05, 3.63) is 0 Å². The molecular formula is C7H15IN2. The molecule has 2 nitrogen and oxygen atoms in total. The summed E-state index contributed by atoms with van der Waals surface area (Å²) in [5.41, 5.74) is 0. The molecule has 1 heterocycles. The van der Waals surface area contributed by atoms with Crippen LogP contribution in [0.1, 0.15) is 6.42 Å². The normalized spacial score (nSPS) is 21.0. The maximum absolute atomic E-state index is 3.18. The molecule has 0 bridgehead atoms. The van der Waals surface area contributed by atoms with E-state index in [1.807, 2.05) is 7.05 Å². The molecule has 1 N–H and O–H groups in total. The molecule has 1 rings (SSSR count). The number of hydrogen-bond acceptors (Lipinski definition) is 2. The Morgan fingerprint density at radius 2 is 2.30 bits per heavy atom. The van der Waals surface area contributed by atoms with E-state index >= 15 is 0 Å². The third-order valence-corrected chi connectivity index (χ3v) is 2.97. The fraction of sp³-hybridized carbons (Fsp3) is 1.00. The van der Waals surface area contributed by atoms with Gasteiger partial charge >= 0.3 is 0 Å². The van der Waals surface area contributed by atoms with Gasteiger partial charge in [0, 0.05) is 13.1 Å². The highest BCUT2D eigenvalue weighted by Gasteiger charge is 2.24. The number of rotatable bonds is 4. The summed E-state index contributed by atoms with van der Waals surface area (Å²) in [5, 5.41) is 3.18. The van der Waals surface area contributed by atoms with Crippen LogP contribution in [0.15, 0.2) is 0 Å². The number of likely N-dealkylation sites (tertiary alicyclic amines) is 1. The lowest BCUT2D eigenvalue weighted by Gasteiger charge is -2.37. The molecule has 1 saturated heterocycles. The largest absolute Gasteiger partial charge is 0.320 e. The molecule has 1 aliphatic heterocycles. The third-order valence-electron chi connectivity index (χ3n) is 2.00. The number of halogens is 1. The summed E-state index contributed by atoms with van der Waals surface area (Å²) in [6.45, 7) is 3.83. The van der Waals surface area contributed by atoms with Crippen LogP contribution in [-0.2, 0) is 0 Å². The van der Waals surface area contributed by atoms with Gasteiger partial charge in [-0.3, -0.25) is 4.90 Å². The summed E-state index contributed by atoms with van der Waals surface area (Å²) in [6, 6.07) is 0. The molecule has 0 aromatic rings. The molecule has 0 saturated carbocycles. The van der Waals surface area contributed by atoms with Crippen molar-refractivity contribution in [1.29, 1.82) is 0 Å². The molecular weight excluding hydrogens is 239 g/mol. The smallest absolute Gasteiger partial charge is 0.0505 e. The zero-order valence-corrected chi connectivity index (χ0v) is 8.60. The van der Waals surface area contributed by atoms with Crippen LogP contribution >= 0.6 is 22.6 Å². The summed E-state index contributed by atoms with van der Waals surface area (Å²) in [7, 11) is 2.02. The zero-order valence-electron chi connectivity index (χ0n) is 6.44. The monoisotopic (exact) mass is 254 g/mol. The molecule has 0 radical (unpaired) electrons. The first-order valence-electron chi connectivity index (χ1n) is 3.79. The van der Waals surface area contributed by atoms with E-state index in [2.05, 4.69) is 32.8 Å². The Bertz CT molecular complexity index is 88.9. The zero-order chi connectivity index (χ0) is 7.40. The molecule has 0 spiro atoms. The first-order chi connectivity index (χ1) is 4.86. The minimum Gasteiger partial charge on any atom is -0.320 e. The number of nitrogens with zero attached hydrogens (tertiary/aromatic N) is 1. The molecule has 0 unspecified atom stereocenters. The molecule has 10 heavy (non-hydrogen) atoms. The Labute approximate surface area is 76.5 Å². The van der Waals surface area contributed by atoms with Crippen molar-refractivity contribution in [2.24, 2.45) is 5.92 Å². The van der Waals surface area contributed by atoms with E-state index in [0.29, 0.717) is 0 Å². The fourth-order valence-corrected chi connectivity index (χ4v) is 1.86. The van der Waals surface area contributed by atoms with Gasteiger partial charge < -0.3 is 5.32 Å². The summed E-state index contributed by atoms with van der Waals surface area (Å²) >= 11 is 2.42. The fourth-order valence-electron chi connectivity index (χ4n) is 1.31. The maximum atomic E-state index is 3.18. The van der Waals surface area contributed by atoms with Crippen molar-refractivity contribution in [3.8, 4) is 0 Å². The predicted molar refractivity (Wildman–Crippen MR) is 52.5 cm³/mol. The first kappa shape index (κ1) is 8.74. The lowest BCUT2D eigenvalue weighted by molar-refractivity contribution is 0.123. The number of nitrogens with one attached hydrogen (secondary N) is 1. The average molecular weight is 254 g/mol. The van der Waals surface area contributed by atoms with Gasteiger partial charge in [-0.05, 0) is 25.9 Å². The van der Waals surface area contributed by atoms with Crippen molar-refractivity contribution in [2.45, 2.75) is 6.42 Å². The maximum Gasteiger partial charge on any atom is 0.0505 e. The second-order valence-electron chi connectivity index (χ2n) is 2.91. The van der Waals surface area contributed by atoms with Crippen LogP contribution in [0.3, 0.4) is 0 Å². The van der Waals surface area contributed by atoms with Gasteiger partial charge in [0.1, 0.15) is 0 Å². The van der Waals surface area contributed by atoms with Gasteiger partial charge in [-0.2, -0.15) is 0 Å². The number of alkyl halides is 1. The lowest BCUT2D eigenvalue weighted by Crippen LogP contribution is -2.46. The van der Waals surface area contributed by atoms with Gasteiger partial charge in [-0.15, -0.1) is 0 Å². The minimum atomic E-state index is 0.974. The molecule has 0 aromatic heterocycles. The molecule has 0 atom stereocenters. The first-order valence-corrected chi connectivity index (χ1v) is 5.32. The summed E-state index contributed by atoms with van der Waals surface area (Å²) < 4.78 is 1.20. The van der Waals surface area contributed by atoms with E-state index in [4.69, 9.17) is 0 Å². The van der Waals surface area contributed by atoms with Crippen molar-refractivity contribution in [1.82, 2.24) is 10.2 Å². The molecule has 0 amide bonds. The highest BCUT2D eigenvalue weighted by molar-refractivity contribution is 14.1. The topological polar surface area (TPSA) is 15.3 Å². The lowest BCUT2D eigenvalue weighted by atomic mass is 9.97. The van der Waals surface area contributed by atoms with E-state index in [0.717, 1.165) is 5.92 Å². The Hall–Kier alpha value is 0.650. The molecule has 1 aliphatic rings. The summed E-state index contributed by atoms with van der Waals surface area (Å²) in [6.07, 6.45) is 1.35. The molecule has 1 fully saturated rings. The highest BCUT2D eigenvalue weighted by Crippen LogP contribution is 2.18. The van der Waals surface area contributed by atoms with Gasteiger partial charge in [-0.25, -0.2) is 0 Å². The quantitative estimate of drug-likeness (QED) is 0.456. The highest BCUT2D eigenvalue weighted by atomic mass is 127. The molecule has 3 heteroatoms. The molecule has 0 aromatic carbocycles. The standard InChI is InChI=1S/C7H15IN2/c1-9-3-2-7-4-10(5-7)6-8/h7,9H,2-6H2,1H3. The Balaban J connectivity index is 1.93. The van der Waals surface area contributed by atoms with Crippen LogP contribution < -0.4 is 5.32 Å². The van der Waals surface area contributed by atoms with Gasteiger partial charge in [0.25, 0.3) is 0 Å². The van der Waals surface area contributed by atoms with Crippen LogP contribution in [-0.4, -0.2) is 36.1 Å². The van der Waals surface area contributed by atoms with E-state index in [1.165, 1.54) is 30.6 Å². The third kappa shape index (κ3) is 2.36. The van der Waals surface area contributed by atoms with Gasteiger partial charge in [0.05, 0.1) is 4.55 Å². The van der Waals surface area contributed by atoms with Gasteiger partial charge in [0.2, 0.25) is 0 Å². The van der Waals surface area contributed by atoms with Crippen LogP contribution in [0.4, 0.5) is 0 Å². The van der Waals surface area contributed by atoms with Crippen molar-refractivity contribution in [2.75, 3.05) is 31.2 Å². The molecule has 60 valence electrons. The van der Waals surface area contributed by atoms with Crippen LogP contribution in [0.5, 0.6) is 0 Å².